The van der Waals surface area contributed by atoms with Crippen molar-refractivity contribution in [2.24, 2.45) is 0 Å². The summed E-state index contributed by atoms with van der Waals surface area (Å²) < 4.78 is 18.6. The van der Waals surface area contributed by atoms with Gasteiger partial charge in [-0.2, -0.15) is 0 Å². The third-order valence-corrected chi connectivity index (χ3v) is 5.56. The van der Waals surface area contributed by atoms with Crippen LogP contribution in [0.5, 0.6) is 0 Å². The predicted molar refractivity (Wildman–Crippen MR) is 114 cm³/mol. The normalized spacial score (nSPS) is 15.0. The van der Waals surface area contributed by atoms with Gasteiger partial charge >= 0.3 is 5.97 Å². The van der Waals surface area contributed by atoms with Gasteiger partial charge in [0.05, 0.1) is 31.6 Å². The summed E-state index contributed by atoms with van der Waals surface area (Å²) in [6, 6.07) is 14.7. The molecule has 0 radical (unpaired) electrons. The van der Waals surface area contributed by atoms with Crippen molar-refractivity contribution >= 4 is 11.9 Å². The number of carbonyl (C=O) groups is 2. The van der Waals surface area contributed by atoms with Crippen LogP contribution in [0.4, 0.5) is 0 Å². The number of amides is 1. The van der Waals surface area contributed by atoms with Gasteiger partial charge in [0.1, 0.15) is 5.76 Å². The van der Waals surface area contributed by atoms with E-state index in [1.54, 1.807) is 29.4 Å². The highest BCUT2D eigenvalue weighted by atomic mass is 16.5. The fourth-order valence-electron chi connectivity index (χ4n) is 3.82. The average Bonchev–Trinajstić information content (AvgIpc) is 3.42. The monoisotopic (exact) mass is 422 g/mol. The molecule has 1 aliphatic rings. The summed E-state index contributed by atoms with van der Waals surface area (Å²) in [4.78, 5) is 28.0. The summed E-state index contributed by atoms with van der Waals surface area (Å²) in [5, 5.41) is 0. The summed E-state index contributed by atoms with van der Waals surface area (Å²) >= 11 is 0. The Bertz CT molecular complexity index is 1030. The van der Waals surface area contributed by atoms with Crippen molar-refractivity contribution in [3.8, 4) is 0 Å². The molecule has 162 valence electrons. The van der Waals surface area contributed by atoms with Crippen LogP contribution < -0.4 is 0 Å². The van der Waals surface area contributed by atoms with Crippen LogP contribution in [0.25, 0.3) is 0 Å². The van der Waals surface area contributed by atoms with Gasteiger partial charge in [-0.15, -0.1) is 0 Å². The number of hydrogen-bond donors (Lipinski definition) is 0. The smallest absolute Gasteiger partial charge is 0.341 e. The minimum atomic E-state index is -1.00. The zero-order valence-corrected chi connectivity index (χ0v) is 17.7. The Kier molecular flexibility index (Phi) is 6.23. The van der Waals surface area contributed by atoms with E-state index < -0.39 is 12.1 Å². The third-order valence-electron chi connectivity index (χ3n) is 5.56. The van der Waals surface area contributed by atoms with Gasteiger partial charge in [-0.05, 0) is 32.0 Å². The summed E-state index contributed by atoms with van der Waals surface area (Å²) in [6.07, 6.45) is 0.625. The molecule has 0 bridgehead atoms. The fraction of sp³-hybridized carbons (Fsp3) is 0.333. The van der Waals surface area contributed by atoms with Crippen LogP contribution >= 0.6 is 0 Å². The molecule has 1 saturated heterocycles. The second-order valence-electron chi connectivity index (χ2n) is 7.58. The van der Waals surface area contributed by atoms with Crippen LogP contribution in [0, 0.1) is 13.8 Å². The minimum Gasteiger partial charge on any atom is -0.467 e. The summed E-state index contributed by atoms with van der Waals surface area (Å²) in [5.41, 5.74) is 2.78. The first-order valence-corrected chi connectivity index (χ1v) is 10.4. The second-order valence-corrected chi connectivity index (χ2v) is 7.58. The number of ether oxygens (including phenoxy) is 2. The maximum atomic E-state index is 13.2. The highest BCUT2D eigenvalue weighted by Crippen LogP contribution is 2.25. The fourth-order valence-corrected chi connectivity index (χ4v) is 3.82. The number of nitrogens with zero attached hydrogens (tertiary/aromatic N) is 2. The maximum absolute atomic E-state index is 13.2. The van der Waals surface area contributed by atoms with Gasteiger partial charge in [0, 0.05) is 30.0 Å². The molecule has 0 N–H and O–H groups in total. The molecule has 0 saturated carbocycles. The van der Waals surface area contributed by atoms with Crippen molar-refractivity contribution in [3.05, 3.63) is 83.1 Å². The molecule has 1 fully saturated rings. The lowest BCUT2D eigenvalue weighted by atomic mass is 10.1. The van der Waals surface area contributed by atoms with E-state index in [9.17, 15) is 9.59 Å². The van der Waals surface area contributed by atoms with Crippen LogP contribution in [0.3, 0.4) is 0 Å². The van der Waals surface area contributed by atoms with Crippen LogP contribution in [-0.2, 0) is 20.8 Å². The van der Waals surface area contributed by atoms with Gasteiger partial charge in [0.15, 0.2) is 0 Å². The van der Waals surface area contributed by atoms with Crippen LogP contribution in [-0.4, -0.2) is 47.6 Å². The summed E-state index contributed by atoms with van der Waals surface area (Å²) in [7, 11) is 0. The lowest BCUT2D eigenvalue weighted by molar-refractivity contribution is -0.145. The lowest BCUT2D eigenvalue weighted by Crippen LogP contribution is -2.44. The maximum Gasteiger partial charge on any atom is 0.341 e. The molecule has 3 aromatic rings. The van der Waals surface area contributed by atoms with Gasteiger partial charge in [0.25, 0.3) is 5.91 Å². The van der Waals surface area contributed by atoms with Crippen LogP contribution in [0.1, 0.15) is 39.2 Å². The molecule has 1 aliphatic heterocycles. The molecule has 0 spiro atoms. The Balaban J connectivity index is 1.58. The molecule has 7 heteroatoms. The third kappa shape index (κ3) is 4.56. The van der Waals surface area contributed by atoms with Crippen molar-refractivity contribution in [2.45, 2.75) is 26.5 Å². The number of rotatable bonds is 6. The molecule has 0 aliphatic carbocycles. The topological polar surface area (TPSA) is 73.9 Å². The summed E-state index contributed by atoms with van der Waals surface area (Å²) in [6.45, 7) is 6.25. The molecular weight excluding hydrogens is 396 g/mol. The first-order chi connectivity index (χ1) is 15.0. The Morgan fingerprint density at radius 2 is 1.81 bits per heavy atom. The minimum absolute atomic E-state index is 0.229. The molecule has 3 heterocycles. The van der Waals surface area contributed by atoms with Crippen LogP contribution in [0.2, 0.25) is 0 Å². The number of benzene rings is 1. The lowest BCUT2D eigenvalue weighted by Gasteiger charge is -2.30. The molecule has 1 aromatic carbocycles. The number of esters is 1. The molecule has 4 rings (SSSR count). The van der Waals surface area contributed by atoms with Crippen LogP contribution in [0.15, 0.2) is 59.2 Å². The highest BCUT2D eigenvalue weighted by Gasteiger charge is 2.31. The van der Waals surface area contributed by atoms with E-state index in [1.807, 2.05) is 48.7 Å². The van der Waals surface area contributed by atoms with Gasteiger partial charge < -0.3 is 23.4 Å². The first kappa shape index (κ1) is 20.9. The van der Waals surface area contributed by atoms with E-state index in [2.05, 4.69) is 0 Å². The second kappa shape index (κ2) is 9.22. The van der Waals surface area contributed by atoms with Gasteiger partial charge in [-0.25, -0.2) is 4.79 Å². The van der Waals surface area contributed by atoms with Gasteiger partial charge in [0.2, 0.25) is 6.10 Å². The van der Waals surface area contributed by atoms with Crippen molar-refractivity contribution in [1.82, 2.24) is 9.47 Å². The van der Waals surface area contributed by atoms with Crippen molar-refractivity contribution in [1.29, 1.82) is 0 Å². The highest BCUT2D eigenvalue weighted by molar-refractivity contribution is 5.94. The van der Waals surface area contributed by atoms with E-state index in [0.717, 1.165) is 17.1 Å². The molecule has 0 unspecified atom stereocenters. The van der Waals surface area contributed by atoms with E-state index in [0.29, 0.717) is 44.0 Å². The zero-order chi connectivity index (χ0) is 21.8. The summed E-state index contributed by atoms with van der Waals surface area (Å²) in [5.74, 6) is 0.0490. The van der Waals surface area contributed by atoms with E-state index in [1.165, 1.54) is 0 Å². The molecule has 1 amide bonds. The van der Waals surface area contributed by atoms with Crippen molar-refractivity contribution < 1.29 is 23.5 Å². The number of furan rings is 1. The predicted octanol–water partition coefficient (Wildman–Crippen LogP) is 3.50. The molecular formula is C24H26N2O5. The number of aromatic nitrogens is 1. The zero-order valence-electron chi connectivity index (χ0n) is 17.7. The van der Waals surface area contributed by atoms with E-state index in [-0.39, 0.29) is 5.91 Å². The van der Waals surface area contributed by atoms with Gasteiger partial charge in [-0.3, -0.25) is 4.79 Å². The Morgan fingerprint density at radius 1 is 1.06 bits per heavy atom. The van der Waals surface area contributed by atoms with Gasteiger partial charge in [-0.1, -0.05) is 30.3 Å². The molecule has 1 atom stereocenters. The first-order valence-electron chi connectivity index (χ1n) is 10.4. The Morgan fingerprint density at radius 3 is 2.48 bits per heavy atom. The average molecular weight is 422 g/mol. The largest absolute Gasteiger partial charge is 0.467 e. The molecule has 7 nitrogen and oxygen atoms in total. The molecule has 31 heavy (non-hydrogen) atoms. The quantitative estimate of drug-likeness (QED) is 0.569. The number of aryl methyl sites for hydroxylation is 1. The van der Waals surface area contributed by atoms with Crippen molar-refractivity contribution in [3.63, 3.8) is 0 Å². The SMILES string of the molecule is Cc1cc(C(=O)O[C@H](C(=O)N2CCOCC2)c2ccccc2)c(C)n1Cc1ccco1. The van der Waals surface area contributed by atoms with E-state index >= 15 is 0 Å². The van der Waals surface area contributed by atoms with E-state index in [4.69, 9.17) is 13.9 Å². The number of morpholine rings is 1. The standard InChI is InChI=1S/C24H26N2O5/c1-17-15-21(18(2)26(17)16-20-9-6-12-30-20)24(28)31-22(19-7-4-3-5-8-19)23(27)25-10-13-29-14-11-25/h3-9,12,15,22H,10-11,13-14,16H2,1-2H3/t22-/m0/s1. The Hall–Kier alpha value is -3.32. The molecule has 2 aromatic heterocycles. The Labute approximate surface area is 181 Å². The number of carbonyl (C=O) groups excluding carboxylic acids is 2. The van der Waals surface area contributed by atoms with Crippen molar-refractivity contribution in [2.75, 3.05) is 26.3 Å². The number of hydrogen-bond acceptors (Lipinski definition) is 5.